The minimum atomic E-state index is -0.613. The first-order valence-electron chi connectivity index (χ1n) is 3.02. The number of carbonyl (C=O) groups is 1. The van der Waals surface area contributed by atoms with Gasteiger partial charge in [0.1, 0.15) is 0 Å². The number of nitrogens with two attached hydrogens (primary N) is 1. The van der Waals surface area contributed by atoms with Crippen LogP contribution >= 0.6 is 0 Å². The summed E-state index contributed by atoms with van der Waals surface area (Å²) < 4.78 is 0. The van der Waals surface area contributed by atoms with Crippen molar-refractivity contribution in [3.63, 3.8) is 0 Å². The van der Waals surface area contributed by atoms with Gasteiger partial charge in [0, 0.05) is 13.3 Å². The van der Waals surface area contributed by atoms with Crippen LogP contribution in [-0.4, -0.2) is 19.3 Å². The number of carbonyl (C=O) groups excluding carboxylic acids is 1. The Balaban J connectivity index is 4.22. The van der Waals surface area contributed by atoms with Gasteiger partial charge in [0.05, 0.1) is 5.70 Å². The second kappa shape index (κ2) is 5.22. The number of aliphatic imine (C=N–C) groups is 1. The van der Waals surface area contributed by atoms with Crippen molar-refractivity contribution < 1.29 is 4.79 Å². The summed E-state index contributed by atoms with van der Waals surface area (Å²) in [6, 6.07) is -0.613. The number of nitrogens with one attached hydrogen (secondary N) is 1. The smallest absolute Gasteiger partial charge is 0.316 e. The molecule has 0 unspecified atom stereocenters. The maximum atomic E-state index is 10.3. The third kappa shape index (κ3) is 4.90. The van der Waals surface area contributed by atoms with Crippen molar-refractivity contribution in [1.29, 1.82) is 0 Å². The highest BCUT2D eigenvalue weighted by Crippen LogP contribution is 1.84. The predicted octanol–water partition coefficient (Wildman–Crippen LogP) is 0.425. The second-order valence-corrected chi connectivity index (χ2v) is 1.73. The van der Waals surface area contributed by atoms with Gasteiger partial charge < -0.3 is 11.1 Å². The fourth-order valence-corrected chi connectivity index (χ4v) is 0.525. The van der Waals surface area contributed by atoms with E-state index in [-0.39, 0.29) is 0 Å². The average molecular weight is 153 g/mol. The van der Waals surface area contributed by atoms with Crippen LogP contribution in [-0.2, 0) is 0 Å². The minimum Gasteiger partial charge on any atom is -0.351 e. The fraction of sp³-hybridized carbons (Fsp3) is 0.143. The SMILES string of the molecule is C=C/C=C(\C=NC)NC(N)=O. The summed E-state index contributed by atoms with van der Waals surface area (Å²) in [6.45, 7) is 3.46. The molecule has 0 aromatic carbocycles. The number of nitrogens with zero attached hydrogens (tertiary/aromatic N) is 1. The Kier molecular flexibility index (Phi) is 4.47. The van der Waals surface area contributed by atoms with Gasteiger partial charge in [0.15, 0.2) is 0 Å². The molecule has 0 saturated carbocycles. The molecular formula is C7H11N3O. The molecule has 0 aromatic heterocycles. The van der Waals surface area contributed by atoms with Crippen molar-refractivity contribution in [2.24, 2.45) is 10.7 Å². The maximum absolute atomic E-state index is 10.3. The summed E-state index contributed by atoms with van der Waals surface area (Å²) in [5.41, 5.74) is 5.39. The highest BCUT2D eigenvalue weighted by atomic mass is 16.2. The standard InChI is InChI=1S/C7H11N3O/c1-3-4-6(5-9-2)10-7(8)11/h3-5H,1H2,2H3,(H3,8,10,11)/b6-4+,9-5?. The number of amides is 2. The van der Waals surface area contributed by atoms with Crippen molar-refractivity contribution in [2.45, 2.75) is 0 Å². The summed E-state index contributed by atoms with van der Waals surface area (Å²) in [6.07, 6.45) is 4.61. The molecule has 3 N–H and O–H groups in total. The first-order chi connectivity index (χ1) is 5.20. The summed E-state index contributed by atoms with van der Waals surface area (Å²) in [5.74, 6) is 0. The van der Waals surface area contributed by atoms with Gasteiger partial charge in [-0.1, -0.05) is 12.7 Å². The molecule has 0 aliphatic carbocycles. The Morgan fingerprint density at radius 2 is 2.36 bits per heavy atom. The number of primary amides is 1. The van der Waals surface area contributed by atoms with Gasteiger partial charge in [-0.3, -0.25) is 4.99 Å². The minimum absolute atomic E-state index is 0.523. The Hall–Kier alpha value is -1.58. The van der Waals surface area contributed by atoms with Gasteiger partial charge in [-0.2, -0.15) is 0 Å². The molecule has 0 fully saturated rings. The third-order valence-electron chi connectivity index (χ3n) is 0.833. The highest BCUT2D eigenvalue weighted by Gasteiger charge is 1.93. The van der Waals surface area contributed by atoms with E-state index in [1.807, 2.05) is 0 Å². The van der Waals surface area contributed by atoms with Crippen LogP contribution in [0.4, 0.5) is 4.79 Å². The van der Waals surface area contributed by atoms with Crippen molar-refractivity contribution in [1.82, 2.24) is 5.32 Å². The Morgan fingerprint density at radius 1 is 1.73 bits per heavy atom. The number of hydrogen-bond donors (Lipinski definition) is 2. The van der Waals surface area contributed by atoms with Gasteiger partial charge in [0.2, 0.25) is 0 Å². The molecule has 0 spiro atoms. The second-order valence-electron chi connectivity index (χ2n) is 1.73. The monoisotopic (exact) mass is 153 g/mol. The van der Waals surface area contributed by atoms with E-state index in [0.29, 0.717) is 5.70 Å². The lowest BCUT2D eigenvalue weighted by Crippen LogP contribution is -2.29. The van der Waals surface area contributed by atoms with Crippen LogP contribution in [0.5, 0.6) is 0 Å². The molecule has 60 valence electrons. The normalized spacial score (nSPS) is 11.5. The van der Waals surface area contributed by atoms with E-state index in [1.165, 1.54) is 12.3 Å². The molecule has 0 bridgehead atoms. The molecule has 0 aliphatic heterocycles. The molecule has 0 rings (SSSR count). The molecule has 11 heavy (non-hydrogen) atoms. The van der Waals surface area contributed by atoms with E-state index in [2.05, 4.69) is 16.9 Å². The lowest BCUT2D eigenvalue weighted by molar-refractivity contribution is 0.251. The molecule has 0 heterocycles. The fourth-order valence-electron chi connectivity index (χ4n) is 0.525. The lowest BCUT2D eigenvalue weighted by atomic mass is 10.4. The van der Waals surface area contributed by atoms with Crippen molar-refractivity contribution in [3.8, 4) is 0 Å². The van der Waals surface area contributed by atoms with Gasteiger partial charge in [-0.25, -0.2) is 4.79 Å². The van der Waals surface area contributed by atoms with Gasteiger partial charge in [0.25, 0.3) is 0 Å². The molecule has 0 saturated heterocycles. The predicted molar refractivity (Wildman–Crippen MR) is 45.4 cm³/mol. The van der Waals surface area contributed by atoms with Crippen LogP contribution in [0.15, 0.2) is 29.4 Å². The maximum Gasteiger partial charge on any atom is 0.316 e. The molecule has 4 nitrogen and oxygen atoms in total. The number of rotatable bonds is 3. The zero-order valence-corrected chi connectivity index (χ0v) is 6.37. The van der Waals surface area contributed by atoms with Crippen LogP contribution in [0.1, 0.15) is 0 Å². The molecular weight excluding hydrogens is 142 g/mol. The van der Waals surface area contributed by atoms with E-state index in [0.717, 1.165) is 0 Å². The van der Waals surface area contributed by atoms with Crippen LogP contribution < -0.4 is 11.1 Å². The van der Waals surface area contributed by atoms with E-state index >= 15 is 0 Å². The van der Waals surface area contributed by atoms with Crippen LogP contribution in [0.25, 0.3) is 0 Å². The molecule has 4 heteroatoms. The zero-order chi connectivity index (χ0) is 8.69. The van der Waals surface area contributed by atoms with E-state index in [9.17, 15) is 4.79 Å². The molecule has 0 radical (unpaired) electrons. The van der Waals surface area contributed by atoms with Crippen molar-refractivity contribution >= 4 is 12.2 Å². The topological polar surface area (TPSA) is 67.5 Å². The zero-order valence-electron chi connectivity index (χ0n) is 6.37. The Labute approximate surface area is 65.5 Å². The first-order valence-corrected chi connectivity index (χ1v) is 3.02. The quantitative estimate of drug-likeness (QED) is 0.448. The van der Waals surface area contributed by atoms with E-state index < -0.39 is 6.03 Å². The van der Waals surface area contributed by atoms with Crippen molar-refractivity contribution in [2.75, 3.05) is 7.05 Å². The van der Waals surface area contributed by atoms with Gasteiger partial charge in [-0.05, 0) is 6.08 Å². The van der Waals surface area contributed by atoms with E-state index in [4.69, 9.17) is 5.73 Å². The van der Waals surface area contributed by atoms with Gasteiger partial charge in [-0.15, -0.1) is 0 Å². The largest absolute Gasteiger partial charge is 0.351 e. The van der Waals surface area contributed by atoms with E-state index in [1.54, 1.807) is 13.1 Å². The molecule has 0 atom stereocenters. The highest BCUT2D eigenvalue weighted by molar-refractivity contribution is 5.86. The summed E-state index contributed by atoms with van der Waals surface area (Å²) in [5, 5.41) is 2.36. The average Bonchev–Trinajstić information content (AvgIpc) is 1.87. The van der Waals surface area contributed by atoms with Crippen LogP contribution in [0.3, 0.4) is 0 Å². The molecule has 0 aliphatic rings. The Bertz CT molecular complexity index is 206. The van der Waals surface area contributed by atoms with Gasteiger partial charge >= 0.3 is 6.03 Å². The summed E-state index contributed by atoms with van der Waals surface area (Å²) in [7, 11) is 1.60. The lowest BCUT2D eigenvalue weighted by Gasteiger charge is -1.98. The molecule has 2 amide bonds. The van der Waals surface area contributed by atoms with Crippen molar-refractivity contribution in [3.05, 3.63) is 24.4 Å². The third-order valence-corrected chi connectivity index (χ3v) is 0.833. The molecule has 0 aromatic rings. The summed E-state index contributed by atoms with van der Waals surface area (Å²) in [4.78, 5) is 14.0. The number of hydrogen-bond acceptors (Lipinski definition) is 2. The first kappa shape index (κ1) is 9.42. The summed E-state index contributed by atoms with van der Waals surface area (Å²) >= 11 is 0. The number of urea groups is 1. The van der Waals surface area contributed by atoms with Crippen LogP contribution in [0, 0.1) is 0 Å². The van der Waals surface area contributed by atoms with Crippen LogP contribution in [0.2, 0.25) is 0 Å². The Morgan fingerprint density at radius 3 is 2.73 bits per heavy atom. The number of allylic oxidation sites excluding steroid dienone is 3.